The van der Waals surface area contributed by atoms with E-state index in [1.807, 2.05) is 6.92 Å². The van der Waals surface area contributed by atoms with Crippen molar-refractivity contribution in [2.45, 2.75) is 31.5 Å². The van der Waals surface area contributed by atoms with Crippen molar-refractivity contribution >= 4 is 11.4 Å². The van der Waals surface area contributed by atoms with Crippen molar-refractivity contribution in [3.63, 3.8) is 0 Å². The van der Waals surface area contributed by atoms with E-state index in [2.05, 4.69) is 15.4 Å². The predicted molar refractivity (Wildman–Crippen MR) is 72.2 cm³/mol. The molecule has 3 N–H and O–H groups in total. The number of amides is 1. The van der Waals surface area contributed by atoms with Crippen LogP contribution in [-0.4, -0.2) is 45.3 Å². The third-order valence-electron chi connectivity index (χ3n) is 3.61. The highest BCUT2D eigenvalue weighted by Crippen LogP contribution is 2.23. The zero-order valence-corrected chi connectivity index (χ0v) is 11.2. The SMILES string of the molecule is CCOC1CC(N)C1NC(=O)c1cnn2ccncc12. The van der Waals surface area contributed by atoms with Crippen LogP contribution in [0.15, 0.2) is 24.8 Å². The Kier molecular flexibility index (Phi) is 3.37. The lowest BCUT2D eigenvalue weighted by molar-refractivity contribution is -0.0300. The standard InChI is InChI=1S/C13H17N5O2/c1-2-20-11-5-9(14)12(11)17-13(19)8-6-16-18-4-3-15-7-10(8)18/h3-4,6-7,9,11-12H,2,5,14H2,1H3,(H,17,19). The van der Waals surface area contributed by atoms with Gasteiger partial charge in [-0.15, -0.1) is 0 Å². The number of fused-ring (bicyclic) bond motifs is 1. The highest BCUT2D eigenvalue weighted by molar-refractivity contribution is 6.00. The average molecular weight is 275 g/mol. The van der Waals surface area contributed by atoms with Gasteiger partial charge in [0.2, 0.25) is 0 Å². The number of hydrogen-bond acceptors (Lipinski definition) is 5. The van der Waals surface area contributed by atoms with Crippen LogP contribution in [0.5, 0.6) is 0 Å². The normalized spacial score (nSPS) is 25.4. The maximum absolute atomic E-state index is 12.3. The quantitative estimate of drug-likeness (QED) is 0.816. The van der Waals surface area contributed by atoms with E-state index in [9.17, 15) is 4.79 Å². The number of rotatable bonds is 4. The molecule has 0 bridgehead atoms. The molecule has 20 heavy (non-hydrogen) atoms. The summed E-state index contributed by atoms with van der Waals surface area (Å²) >= 11 is 0. The first-order valence-electron chi connectivity index (χ1n) is 6.66. The van der Waals surface area contributed by atoms with E-state index in [1.54, 1.807) is 23.1 Å². The van der Waals surface area contributed by atoms with Gasteiger partial charge in [-0.25, -0.2) is 4.52 Å². The first kappa shape index (κ1) is 13.0. The van der Waals surface area contributed by atoms with Crippen molar-refractivity contribution in [1.29, 1.82) is 0 Å². The summed E-state index contributed by atoms with van der Waals surface area (Å²) in [6.07, 6.45) is 7.24. The fourth-order valence-electron chi connectivity index (χ4n) is 2.47. The molecule has 0 spiro atoms. The van der Waals surface area contributed by atoms with Gasteiger partial charge in [0.25, 0.3) is 5.91 Å². The van der Waals surface area contributed by atoms with E-state index < -0.39 is 0 Å². The van der Waals surface area contributed by atoms with E-state index in [-0.39, 0.29) is 24.1 Å². The van der Waals surface area contributed by atoms with Crippen LogP contribution in [0, 0.1) is 0 Å². The number of nitrogens with one attached hydrogen (secondary N) is 1. The van der Waals surface area contributed by atoms with Crippen LogP contribution in [0.25, 0.3) is 5.52 Å². The molecule has 106 valence electrons. The van der Waals surface area contributed by atoms with Crippen LogP contribution in [0.1, 0.15) is 23.7 Å². The summed E-state index contributed by atoms with van der Waals surface area (Å²) in [5.41, 5.74) is 7.09. The lowest BCUT2D eigenvalue weighted by atomic mass is 9.83. The van der Waals surface area contributed by atoms with Crippen LogP contribution in [-0.2, 0) is 4.74 Å². The molecule has 3 rings (SSSR count). The molecule has 2 aromatic heterocycles. The number of nitrogens with two attached hydrogens (primary N) is 1. The minimum absolute atomic E-state index is 0.00101. The Morgan fingerprint density at radius 1 is 1.60 bits per heavy atom. The number of ether oxygens (including phenoxy) is 1. The van der Waals surface area contributed by atoms with Crippen molar-refractivity contribution in [3.05, 3.63) is 30.4 Å². The molecule has 0 aromatic carbocycles. The van der Waals surface area contributed by atoms with E-state index in [0.29, 0.717) is 17.7 Å². The molecule has 1 aliphatic carbocycles. The molecule has 7 heteroatoms. The van der Waals surface area contributed by atoms with Crippen LogP contribution in [0.4, 0.5) is 0 Å². The zero-order chi connectivity index (χ0) is 14.1. The minimum Gasteiger partial charge on any atom is -0.376 e. The fourth-order valence-corrected chi connectivity index (χ4v) is 2.47. The van der Waals surface area contributed by atoms with E-state index >= 15 is 0 Å². The molecule has 3 unspecified atom stereocenters. The van der Waals surface area contributed by atoms with Gasteiger partial charge >= 0.3 is 0 Å². The predicted octanol–water partition coefficient (Wildman–Crippen LogP) is -0.0362. The average Bonchev–Trinajstić information content (AvgIpc) is 2.88. The Balaban J connectivity index is 1.76. The lowest BCUT2D eigenvalue weighted by Crippen LogP contribution is -2.64. The minimum atomic E-state index is -0.196. The Bertz CT molecular complexity index is 624. The van der Waals surface area contributed by atoms with Gasteiger partial charge in [0.15, 0.2) is 0 Å². The molecule has 3 atom stereocenters. The lowest BCUT2D eigenvalue weighted by Gasteiger charge is -2.42. The smallest absolute Gasteiger partial charge is 0.255 e. The molecule has 0 saturated heterocycles. The van der Waals surface area contributed by atoms with Crippen molar-refractivity contribution in [2.75, 3.05) is 6.61 Å². The molecule has 7 nitrogen and oxygen atoms in total. The summed E-state index contributed by atoms with van der Waals surface area (Å²) in [5, 5.41) is 7.04. The van der Waals surface area contributed by atoms with Gasteiger partial charge in [0, 0.05) is 25.0 Å². The second kappa shape index (κ2) is 5.18. The van der Waals surface area contributed by atoms with Gasteiger partial charge in [-0.1, -0.05) is 0 Å². The molecule has 0 radical (unpaired) electrons. The van der Waals surface area contributed by atoms with Crippen molar-refractivity contribution in [3.8, 4) is 0 Å². The van der Waals surface area contributed by atoms with E-state index in [0.717, 1.165) is 6.42 Å². The molecule has 1 fully saturated rings. The Hall–Kier alpha value is -1.99. The number of carbonyl (C=O) groups is 1. The third kappa shape index (κ3) is 2.14. The van der Waals surface area contributed by atoms with Crippen LogP contribution >= 0.6 is 0 Å². The summed E-state index contributed by atoms with van der Waals surface area (Å²) in [7, 11) is 0. The Morgan fingerprint density at radius 3 is 3.20 bits per heavy atom. The van der Waals surface area contributed by atoms with Crippen molar-refractivity contribution < 1.29 is 9.53 Å². The molecule has 1 amide bonds. The van der Waals surface area contributed by atoms with Crippen LogP contribution in [0.2, 0.25) is 0 Å². The highest BCUT2D eigenvalue weighted by Gasteiger charge is 2.40. The third-order valence-corrected chi connectivity index (χ3v) is 3.61. The summed E-state index contributed by atoms with van der Waals surface area (Å²) in [6.45, 7) is 2.55. The summed E-state index contributed by atoms with van der Waals surface area (Å²) in [5.74, 6) is -0.196. The maximum atomic E-state index is 12.3. The molecule has 2 aromatic rings. The van der Waals surface area contributed by atoms with Crippen LogP contribution in [0.3, 0.4) is 0 Å². The molecule has 2 heterocycles. The van der Waals surface area contributed by atoms with Gasteiger partial charge in [-0.2, -0.15) is 5.10 Å². The topological polar surface area (TPSA) is 94.5 Å². The number of hydrogen-bond donors (Lipinski definition) is 2. The van der Waals surface area contributed by atoms with E-state index in [4.69, 9.17) is 10.5 Å². The van der Waals surface area contributed by atoms with E-state index in [1.165, 1.54) is 6.20 Å². The Labute approximate surface area is 116 Å². The van der Waals surface area contributed by atoms with Crippen molar-refractivity contribution in [1.82, 2.24) is 19.9 Å². The number of nitrogens with zero attached hydrogens (tertiary/aromatic N) is 3. The van der Waals surface area contributed by atoms with Crippen LogP contribution < -0.4 is 11.1 Å². The molecular weight excluding hydrogens is 258 g/mol. The van der Waals surface area contributed by atoms with Gasteiger partial charge in [0.1, 0.15) is 0 Å². The van der Waals surface area contributed by atoms with Gasteiger partial charge in [-0.05, 0) is 13.3 Å². The summed E-state index contributed by atoms with van der Waals surface area (Å²) in [4.78, 5) is 16.3. The second-order valence-electron chi connectivity index (χ2n) is 4.86. The number of aromatic nitrogens is 3. The molecule has 0 aliphatic heterocycles. The van der Waals surface area contributed by atoms with Crippen molar-refractivity contribution in [2.24, 2.45) is 5.73 Å². The first-order chi connectivity index (χ1) is 9.70. The number of carbonyl (C=O) groups excluding carboxylic acids is 1. The van der Waals surface area contributed by atoms with Gasteiger partial charge in [0.05, 0.1) is 35.6 Å². The van der Waals surface area contributed by atoms with Gasteiger partial charge in [-0.3, -0.25) is 9.78 Å². The van der Waals surface area contributed by atoms with Gasteiger partial charge < -0.3 is 15.8 Å². The largest absolute Gasteiger partial charge is 0.376 e. The monoisotopic (exact) mass is 275 g/mol. The summed E-state index contributed by atoms with van der Waals surface area (Å²) < 4.78 is 7.15. The second-order valence-corrected chi connectivity index (χ2v) is 4.86. The molecule has 1 saturated carbocycles. The maximum Gasteiger partial charge on any atom is 0.255 e. The molecule has 1 aliphatic rings. The first-order valence-corrected chi connectivity index (χ1v) is 6.66. The molecular formula is C13H17N5O2. The fraction of sp³-hybridized carbons (Fsp3) is 0.462. The highest BCUT2D eigenvalue weighted by atomic mass is 16.5. The summed E-state index contributed by atoms with van der Waals surface area (Å²) in [6, 6.07) is -0.204. The zero-order valence-electron chi connectivity index (χ0n) is 11.2. The Morgan fingerprint density at radius 2 is 2.45 bits per heavy atom.